The van der Waals surface area contributed by atoms with Gasteiger partial charge in [0, 0.05) is 73.5 Å². The Hall–Kier alpha value is -9.45. The number of hydrogen-bond donors (Lipinski definition) is 3. The van der Waals surface area contributed by atoms with Crippen LogP contribution in [0.4, 0.5) is 18.9 Å². The number of pyridine rings is 1. The molecule has 0 aliphatic carbocycles. The number of carbonyl (C=O) groups is 1. The van der Waals surface area contributed by atoms with Crippen LogP contribution >= 0.6 is 11.6 Å². The number of Topliss-reactive ketones (excluding diaryl/α,β-unsaturated/α-hetero) is 1. The Labute approximate surface area is 438 Å². The van der Waals surface area contributed by atoms with Gasteiger partial charge in [-0.05, 0) is 143 Å². The number of halogens is 4. The SMILES string of the molecule is C1=Cc2cc3ccc(cc4nc(cc5ccc(cc1n2)[nH]5)C=C4)[nH]3.FC(F)(F)c1ccc2cc3ccc(Cc4[nH]cc5ccccc45)cc3nc2c1.O=C1C(Cc2ccccc2-c2ccccc2)=Nc2cc(Cl)ccc21. The fraction of sp³-hybridized carbons (Fsp3) is 0.0469. The Morgan fingerprint density at radius 1 is 0.500 bits per heavy atom. The second-order valence-electron chi connectivity index (χ2n) is 18.6. The number of carbonyl (C=O) groups excluding carboxylic acids is 1. The molecule has 0 spiro atoms. The van der Waals surface area contributed by atoms with Gasteiger partial charge in [0.2, 0.25) is 5.78 Å². The largest absolute Gasteiger partial charge is 0.416 e. The molecule has 6 aromatic carbocycles. The van der Waals surface area contributed by atoms with Crippen molar-refractivity contribution in [2.45, 2.75) is 19.0 Å². The fourth-order valence-corrected chi connectivity index (χ4v) is 9.77. The van der Waals surface area contributed by atoms with Crippen molar-refractivity contribution in [3.05, 3.63) is 250 Å². The number of aromatic nitrogens is 6. The molecule has 12 heteroatoms. The van der Waals surface area contributed by atoms with Crippen LogP contribution in [0.1, 0.15) is 55.5 Å². The second-order valence-corrected chi connectivity index (χ2v) is 19.0. The zero-order valence-corrected chi connectivity index (χ0v) is 41.2. The molecule has 0 saturated heterocycles. The molecule has 3 N–H and O–H groups in total. The van der Waals surface area contributed by atoms with E-state index in [4.69, 9.17) is 11.6 Å². The molecule has 11 aromatic rings. The van der Waals surface area contributed by atoms with Gasteiger partial charge in [-0.2, -0.15) is 13.2 Å². The van der Waals surface area contributed by atoms with Crippen LogP contribution in [0.3, 0.4) is 0 Å². The second kappa shape index (κ2) is 20.1. The first-order chi connectivity index (χ1) is 37.0. The molecule has 8 heterocycles. The van der Waals surface area contributed by atoms with Crippen LogP contribution in [0.5, 0.6) is 0 Å². The highest BCUT2D eigenvalue weighted by Gasteiger charge is 2.30. The lowest BCUT2D eigenvalue weighted by molar-refractivity contribution is -0.137. The molecule has 0 radical (unpaired) electrons. The number of aliphatic imine (C=N–C) groups is 1. The van der Waals surface area contributed by atoms with Crippen molar-refractivity contribution in [2.24, 2.45) is 4.99 Å². The van der Waals surface area contributed by atoms with E-state index in [1.807, 2.05) is 128 Å². The minimum atomic E-state index is -4.37. The molecule has 14 rings (SSSR count). The van der Waals surface area contributed by atoms with E-state index in [-0.39, 0.29) is 5.78 Å². The smallest absolute Gasteiger partial charge is 0.364 e. The van der Waals surface area contributed by atoms with Gasteiger partial charge in [0.05, 0.1) is 50.8 Å². The van der Waals surface area contributed by atoms with Crippen molar-refractivity contribution in [1.82, 2.24) is 29.9 Å². The summed E-state index contributed by atoms with van der Waals surface area (Å²) in [6.07, 6.45) is 6.91. The maximum Gasteiger partial charge on any atom is 0.416 e. The quantitative estimate of drug-likeness (QED) is 0.149. The van der Waals surface area contributed by atoms with Gasteiger partial charge in [-0.3, -0.25) is 4.79 Å². The van der Waals surface area contributed by atoms with Crippen LogP contribution in [0.25, 0.3) is 90.1 Å². The molecule has 368 valence electrons. The van der Waals surface area contributed by atoms with Crippen molar-refractivity contribution in [3.8, 4) is 11.1 Å². The molecule has 0 fully saturated rings. The van der Waals surface area contributed by atoms with E-state index < -0.39 is 11.7 Å². The van der Waals surface area contributed by atoms with E-state index in [2.05, 4.69) is 89.5 Å². The average Bonchev–Trinajstić information content (AvgIpc) is 4.35. The van der Waals surface area contributed by atoms with E-state index in [1.54, 1.807) is 18.2 Å². The summed E-state index contributed by atoms with van der Waals surface area (Å²) in [5.41, 5.74) is 15.6. The Morgan fingerprint density at radius 2 is 1.09 bits per heavy atom. The molecule has 3 aliphatic rings. The lowest BCUT2D eigenvalue weighted by atomic mass is 9.94. The lowest BCUT2D eigenvalue weighted by Crippen LogP contribution is -2.13. The molecule has 8 bridgehead atoms. The molecule has 5 aromatic heterocycles. The molecule has 76 heavy (non-hydrogen) atoms. The normalized spacial score (nSPS) is 12.6. The predicted octanol–water partition coefficient (Wildman–Crippen LogP) is 16.7. The first-order valence-electron chi connectivity index (χ1n) is 24.5. The highest BCUT2D eigenvalue weighted by atomic mass is 35.5. The van der Waals surface area contributed by atoms with Crippen molar-refractivity contribution in [1.29, 1.82) is 0 Å². The number of nitrogens with zero attached hydrogens (tertiary/aromatic N) is 4. The van der Waals surface area contributed by atoms with Crippen LogP contribution in [-0.4, -0.2) is 41.4 Å². The van der Waals surface area contributed by atoms with Gasteiger partial charge < -0.3 is 15.0 Å². The standard InChI is InChI=1S/C23H15F3N2.C21H14ClNO.C20H14N4/c24-23(25,26)18-8-7-16-11-15-6-5-14(9-20(15)28-21(16)12-18)10-22-19-4-2-1-3-17(19)13-27-22;22-16-10-11-18-19(13-16)23-20(21(18)24)12-15-8-4-5-9-17(15)14-6-2-1-3-7-14;1-2-14-10-16-5-6-18(23-16)12-20-8-7-19(24-20)11-17-4-3-15(22-17)9-13(1)21-14/h1-9,11-13,27H,10H2;1-11,13H,12H2;1-12,21,24H. The Bertz CT molecular complexity index is 4160. The monoisotopic (exact) mass is 1020 g/mol. The van der Waals surface area contributed by atoms with Crippen molar-refractivity contribution in [2.75, 3.05) is 0 Å². The van der Waals surface area contributed by atoms with Gasteiger partial charge in [0.1, 0.15) is 0 Å². The van der Waals surface area contributed by atoms with Gasteiger partial charge >= 0.3 is 6.18 Å². The molecular formula is C64H43ClF3N7O. The molecule has 8 nitrogen and oxygen atoms in total. The van der Waals surface area contributed by atoms with Crippen molar-refractivity contribution in [3.63, 3.8) is 0 Å². The van der Waals surface area contributed by atoms with Crippen molar-refractivity contribution < 1.29 is 18.0 Å². The maximum atomic E-state index is 13.0. The van der Waals surface area contributed by atoms with Crippen molar-refractivity contribution >= 4 is 108 Å². The van der Waals surface area contributed by atoms with E-state index in [9.17, 15) is 18.0 Å². The Kier molecular flexibility index (Phi) is 12.6. The highest BCUT2D eigenvalue weighted by molar-refractivity contribution is 6.50. The number of benzene rings is 6. The predicted molar refractivity (Wildman–Crippen MR) is 303 cm³/mol. The third kappa shape index (κ3) is 10.4. The maximum absolute atomic E-state index is 13.0. The van der Waals surface area contributed by atoms with E-state index in [0.717, 1.165) is 95.7 Å². The van der Waals surface area contributed by atoms with Crippen LogP contribution in [-0.2, 0) is 19.0 Å². The van der Waals surface area contributed by atoms with Gasteiger partial charge in [-0.1, -0.05) is 109 Å². The summed E-state index contributed by atoms with van der Waals surface area (Å²) >= 11 is 6.00. The van der Waals surface area contributed by atoms with Crippen LogP contribution in [0, 0.1) is 0 Å². The zero-order valence-electron chi connectivity index (χ0n) is 40.4. The molecule has 0 atom stereocenters. The number of hydrogen-bond acceptors (Lipinski definition) is 5. The number of aromatic amines is 3. The zero-order chi connectivity index (χ0) is 51.8. The van der Waals surface area contributed by atoms with Gasteiger partial charge in [0.15, 0.2) is 0 Å². The minimum Gasteiger partial charge on any atom is -0.364 e. The molecule has 0 amide bonds. The molecule has 0 saturated carbocycles. The van der Waals surface area contributed by atoms with Gasteiger partial charge in [0.25, 0.3) is 0 Å². The number of fused-ring (bicyclic) bond motifs is 12. The van der Waals surface area contributed by atoms with E-state index in [0.29, 0.717) is 51.2 Å². The molecule has 3 aliphatic heterocycles. The Morgan fingerprint density at radius 3 is 1.75 bits per heavy atom. The first kappa shape index (κ1) is 47.5. The lowest BCUT2D eigenvalue weighted by Gasteiger charge is -2.09. The summed E-state index contributed by atoms with van der Waals surface area (Å²) in [7, 11) is 0. The fourth-order valence-electron chi connectivity index (χ4n) is 9.60. The van der Waals surface area contributed by atoms with Crippen LogP contribution in [0.2, 0.25) is 5.02 Å². The van der Waals surface area contributed by atoms with E-state index in [1.165, 1.54) is 11.5 Å². The third-order valence-electron chi connectivity index (χ3n) is 13.3. The van der Waals surface area contributed by atoms with E-state index >= 15 is 0 Å². The number of ketones is 1. The van der Waals surface area contributed by atoms with Gasteiger partial charge in [-0.15, -0.1) is 0 Å². The minimum absolute atomic E-state index is 0.00969. The summed E-state index contributed by atoms with van der Waals surface area (Å²) in [5, 5.41) is 4.53. The summed E-state index contributed by atoms with van der Waals surface area (Å²) < 4.78 is 39.0. The molecular weight excluding hydrogens is 975 g/mol. The Balaban J connectivity index is 0.000000115. The topological polar surface area (TPSA) is 115 Å². The van der Waals surface area contributed by atoms with Crippen LogP contribution < -0.4 is 0 Å². The third-order valence-corrected chi connectivity index (χ3v) is 13.5. The van der Waals surface area contributed by atoms with Gasteiger partial charge in [-0.25, -0.2) is 19.9 Å². The van der Waals surface area contributed by atoms with Crippen LogP contribution in [0.15, 0.2) is 199 Å². The summed E-state index contributed by atoms with van der Waals surface area (Å²) in [5.74, 6) is -0.00969. The summed E-state index contributed by atoms with van der Waals surface area (Å²) in [6, 6.07) is 59.6. The summed E-state index contributed by atoms with van der Waals surface area (Å²) in [6.45, 7) is 0. The number of nitrogens with one attached hydrogen (secondary N) is 3. The number of H-pyrrole nitrogens is 3. The number of alkyl halides is 3. The summed E-state index contributed by atoms with van der Waals surface area (Å²) in [4.78, 5) is 40.9. The first-order valence-corrected chi connectivity index (χ1v) is 24.9. The average molecular weight is 1020 g/mol. The highest BCUT2D eigenvalue weighted by Crippen LogP contribution is 2.34. The molecule has 0 unspecified atom stereocenters. The number of rotatable bonds is 5.